The molecule has 1 aromatic rings. The van der Waals surface area contributed by atoms with E-state index in [0.717, 1.165) is 16.0 Å². The van der Waals surface area contributed by atoms with Crippen molar-refractivity contribution in [3.05, 3.63) is 28.8 Å². The standard InChI is InChI=1S/C15H15F3N2O2/c1-9-5-11-6-12(8-19)13(22-2)7-10(11)3-4-20(9)14(21)15(16,17)18/h6-7,9H,3-5H2,1-2H3. The van der Waals surface area contributed by atoms with Crippen molar-refractivity contribution in [3.8, 4) is 11.8 Å². The van der Waals surface area contributed by atoms with Crippen LogP contribution in [0.5, 0.6) is 5.75 Å². The van der Waals surface area contributed by atoms with E-state index < -0.39 is 18.1 Å². The Kier molecular flexibility index (Phi) is 4.31. The molecular formula is C15H15F3N2O2. The summed E-state index contributed by atoms with van der Waals surface area (Å²) in [5.74, 6) is -1.43. The molecule has 118 valence electrons. The fourth-order valence-corrected chi connectivity index (χ4v) is 2.70. The van der Waals surface area contributed by atoms with E-state index in [-0.39, 0.29) is 13.0 Å². The minimum absolute atomic E-state index is 0.0123. The fourth-order valence-electron chi connectivity index (χ4n) is 2.70. The number of alkyl halides is 3. The smallest absolute Gasteiger partial charge is 0.471 e. The van der Waals surface area contributed by atoms with E-state index in [1.807, 2.05) is 6.07 Å². The second-order valence-electron chi connectivity index (χ2n) is 5.23. The summed E-state index contributed by atoms with van der Waals surface area (Å²) in [5, 5.41) is 9.09. The van der Waals surface area contributed by atoms with Crippen molar-refractivity contribution in [2.45, 2.75) is 32.0 Å². The average molecular weight is 312 g/mol. The van der Waals surface area contributed by atoms with E-state index in [0.29, 0.717) is 17.7 Å². The van der Waals surface area contributed by atoms with Crippen molar-refractivity contribution < 1.29 is 22.7 Å². The van der Waals surface area contributed by atoms with Gasteiger partial charge in [-0.05, 0) is 43.0 Å². The van der Waals surface area contributed by atoms with Gasteiger partial charge >= 0.3 is 12.1 Å². The molecule has 1 aliphatic rings. The van der Waals surface area contributed by atoms with Crippen molar-refractivity contribution in [1.82, 2.24) is 4.90 Å². The average Bonchev–Trinajstić information content (AvgIpc) is 2.61. The first-order valence-electron chi connectivity index (χ1n) is 6.75. The molecule has 0 saturated carbocycles. The Bertz CT molecular complexity index is 635. The maximum absolute atomic E-state index is 12.7. The third-order valence-electron chi connectivity index (χ3n) is 3.81. The Hall–Kier alpha value is -2.23. The molecule has 0 aromatic heterocycles. The van der Waals surface area contributed by atoms with E-state index in [1.165, 1.54) is 7.11 Å². The highest BCUT2D eigenvalue weighted by Crippen LogP contribution is 2.29. The van der Waals surface area contributed by atoms with Crippen LogP contribution in [0.25, 0.3) is 0 Å². The van der Waals surface area contributed by atoms with Gasteiger partial charge in [0.15, 0.2) is 0 Å². The van der Waals surface area contributed by atoms with Gasteiger partial charge in [0.05, 0.1) is 12.7 Å². The van der Waals surface area contributed by atoms with E-state index in [1.54, 1.807) is 19.1 Å². The molecule has 0 saturated heterocycles. The summed E-state index contributed by atoms with van der Waals surface area (Å²) in [6.07, 6.45) is -4.31. The van der Waals surface area contributed by atoms with Crippen LogP contribution in [0.2, 0.25) is 0 Å². The molecule has 0 N–H and O–H groups in total. The van der Waals surface area contributed by atoms with Gasteiger partial charge in [-0.3, -0.25) is 4.79 Å². The second kappa shape index (κ2) is 5.87. The number of carbonyl (C=O) groups is 1. The van der Waals surface area contributed by atoms with Crippen LogP contribution in [0, 0.1) is 11.3 Å². The van der Waals surface area contributed by atoms with Crippen molar-refractivity contribution in [1.29, 1.82) is 5.26 Å². The molecule has 7 heteroatoms. The fraction of sp³-hybridized carbons (Fsp3) is 0.467. The minimum Gasteiger partial charge on any atom is -0.495 e. The zero-order valence-corrected chi connectivity index (χ0v) is 12.2. The number of benzene rings is 1. The number of hydrogen-bond donors (Lipinski definition) is 0. The molecule has 1 atom stereocenters. The molecule has 0 spiro atoms. The van der Waals surface area contributed by atoms with Gasteiger partial charge in [-0.15, -0.1) is 0 Å². The molecule has 4 nitrogen and oxygen atoms in total. The van der Waals surface area contributed by atoms with Crippen LogP contribution in [-0.4, -0.2) is 36.7 Å². The molecule has 1 aromatic carbocycles. The lowest BCUT2D eigenvalue weighted by Gasteiger charge is -2.27. The number of methoxy groups -OCH3 is 1. The monoisotopic (exact) mass is 312 g/mol. The van der Waals surface area contributed by atoms with Gasteiger partial charge in [0, 0.05) is 12.6 Å². The van der Waals surface area contributed by atoms with Crippen molar-refractivity contribution in [3.63, 3.8) is 0 Å². The number of amides is 1. The van der Waals surface area contributed by atoms with Gasteiger partial charge in [-0.2, -0.15) is 18.4 Å². The van der Waals surface area contributed by atoms with Crippen LogP contribution in [0.4, 0.5) is 13.2 Å². The maximum atomic E-state index is 12.7. The maximum Gasteiger partial charge on any atom is 0.471 e. The molecule has 1 amide bonds. The van der Waals surface area contributed by atoms with E-state index >= 15 is 0 Å². The van der Waals surface area contributed by atoms with Crippen LogP contribution in [0.1, 0.15) is 23.6 Å². The number of nitriles is 1. The van der Waals surface area contributed by atoms with Gasteiger partial charge in [0.25, 0.3) is 0 Å². The molecule has 0 bridgehead atoms. The summed E-state index contributed by atoms with van der Waals surface area (Å²) in [7, 11) is 1.43. The van der Waals surface area contributed by atoms with Gasteiger partial charge < -0.3 is 9.64 Å². The summed E-state index contributed by atoms with van der Waals surface area (Å²) >= 11 is 0. The van der Waals surface area contributed by atoms with Crippen LogP contribution >= 0.6 is 0 Å². The molecular weight excluding hydrogens is 297 g/mol. The number of hydrogen-bond acceptors (Lipinski definition) is 3. The van der Waals surface area contributed by atoms with Crippen LogP contribution in [0.3, 0.4) is 0 Å². The van der Waals surface area contributed by atoms with E-state index in [4.69, 9.17) is 10.00 Å². The van der Waals surface area contributed by atoms with Crippen LogP contribution < -0.4 is 4.74 Å². The van der Waals surface area contributed by atoms with E-state index in [9.17, 15) is 18.0 Å². The number of fused-ring (bicyclic) bond motifs is 1. The van der Waals surface area contributed by atoms with Crippen molar-refractivity contribution in [2.24, 2.45) is 0 Å². The Morgan fingerprint density at radius 1 is 1.41 bits per heavy atom. The zero-order chi connectivity index (χ0) is 16.5. The molecule has 1 aliphatic heterocycles. The molecule has 1 unspecified atom stereocenters. The quantitative estimate of drug-likeness (QED) is 0.800. The summed E-state index contributed by atoms with van der Waals surface area (Å²) in [5.41, 5.74) is 1.92. The van der Waals surface area contributed by atoms with Crippen LogP contribution in [0.15, 0.2) is 12.1 Å². The first-order chi connectivity index (χ1) is 10.3. The highest BCUT2D eigenvalue weighted by molar-refractivity contribution is 5.82. The first-order valence-corrected chi connectivity index (χ1v) is 6.75. The third-order valence-corrected chi connectivity index (χ3v) is 3.81. The molecule has 0 fully saturated rings. The van der Waals surface area contributed by atoms with Crippen LogP contribution in [-0.2, 0) is 17.6 Å². The number of carbonyl (C=O) groups excluding carboxylic acids is 1. The van der Waals surface area contributed by atoms with Gasteiger partial charge in [0.2, 0.25) is 0 Å². The molecule has 1 heterocycles. The van der Waals surface area contributed by atoms with Crippen molar-refractivity contribution in [2.75, 3.05) is 13.7 Å². The molecule has 2 rings (SSSR count). The SMILES string of the molecule is COc1cc2c(cc1C#N)CC(C)N(C(=O)C(F)(F)F)CC2. The lowest BCUT2D eigenvalue weighted by molar-refractivity contribution is -0.187. The summed E-state index contributed by atoms with van der Waals surface area (Å²) < 4.78 is 43.1. The largest absolute Gasteiger partial charge is 0.495 e. The number of halogens is 3. The highest BCUT2D eigenvalue weighted by atomic mass is 19.4. The Balaban J connectivity index is 2.35. The number of nitrogens with zero attached hydrogens (tertiary/aromatic N) is 2. The topological polar surface area (TPSA) is 53.3 Å². The van der Waals surface area contributed by atoms with Gasteiger partial charge in [0.1, 0.15) is 11.8 Å². The lowest BCUT2D eigenvalue weighted by Crippen LogP contribution is -2.46. The lowest BCUT2D eigenvalue weighted by atomic mass is 9.97. The Morgan fingerprint density at radius 3 is 2.64 bits per heavy atom. The highest BCUT2D eigenvalue weighted by Gasteiger charge is 2.44. The first kappa shape index (κ1) is 16.1. The summed E-state index contributed by atoms with van der Waals surface area (Å²) in [6.45, 7) is 1.57. The van der Waals surface area contributed by atoms with Gasteiger partial charge in [-0.1, -0.05) is 0 Å². The molecule has 22 heavy (non-hydrogen) atoms. The van der Waals surface area contributed by atoms with Crippen molar-refractivity contribution >= 4 is 5.91 Å². The normalized spacial score (nSPS) is 18.2. The predicted octanol–water partition coefficient (Wildman–Crippen LogP) is 2.44. The minimum atomic E-state index is -4.87. The molecule has 0 radical (unpaired) electrons. The number of ether oxygens (including phenoxy) is 1. The predicted molar refractivity (Wildman–Crippen MR) is 72.3 cm³/mol. The number of rotatable bonds is 1. The van der Waals surface area contributed by atoms with E-state index in [2.05, 4.69) is 0 Å². The Morgan fingerprint density at radius 2 is 2.09 bits per heavy atom. The zero-order valence-electron chi connectivity index (χ0n) is 12.2. The van der Waals surface area contributed by atoms with Gasteiger partial charge in [-0.25, -0.2) is 0 Å². The Labute approximate surface area is 126 Å². The summed E-state index contributed by atoms with van der Waals surface area (Å²) in [4.78, 5) is 12.3. The molecule has 0 aliphatic carbocycles. The third kappa shape index (κ3) is 3.01. The summed E-state index contributed by atoms with van der Waals surface area (Å²) in [6, 6.07) is 4.72. The second-order valence-corrected chi connectivity index (χ2v) is 5.23.